The van der Waals surface area contributed by atoms with Crippen LogP contribution in [0.15, 0.2) is 0 Å². The molecule has 0 bridgehead atoms. The predicted molar refractivity (Wildman–Crippen MR) is 64.6 cm³/mol. The lowest BCUT2D eigenvalue weighted by Crippen LogP contribution is -3.00. The van der Waals surface area contributed by atoms with E-state index >= 15 is 0 Å². The van der Waals surface area contributed by atoms with E-state index in [0.29, 0.717) is 0 Å². The first-order valence-electron chi connectivity index (χ1n) is 6.07. The van der Waals surface area contributed by atoms with Crippen LogP contribution < -0.4 is 24.0 Å². The summed E-state index contributed by atoms with van der Waals surface area (Å²) in [4.78, 5) is 0. The first kappa shape index (κ1) is 15.1. The van der Waals surface area contributed by atoms with Crippen LogP contribution in [0.25, 0.3) is 0 Å². The van der Waals surface area contributed by atoms with Crippen LogP contribution in [-0.2, 0) is 10.9 Å². The van der Waals surface area contributed by atoms with Crippen molar-refractivity contribution in [1.29, 1.82) is 0 Å². The molecule has 1 aliphatic heterocycles. The summed E-state index contributed by atoms with van der Waals surface area (Å²) in [5, 5.41) is 0. The maximum absolute atomic E-state index is 2.29. The summed E-state index contributed by atoms with van der Waals surface area (Å²) in [5.74, 6) is 4.69. The third-order valence-electron chi connectivity index (χ3n) is 2.90. The molecule has 2 heteroatoms. The summed E-state index contributed by atoms with van der Waals surface area (Å²) < 4.78 is 0. The van der Waals surface area contributed by atoms with Crippen LogP contribution in [0.4, 0.5) is 0 Å². The molecule has 0 aromatic carbocycles. The van der Waals surface area contributed by atoms with Gasteiger partial charge in [0, 0.05) is 0 Å². The Kier molecular flexibility index (Phi) is 11.4. The molecule has 0 nitrogen and oxygen atoms in total. The van der Waals surface area contributed by atoms with Gasteiger partial charge in [-0.15, -0.1) is 0 Å². The normalized spacial score (nSPS) is 16.9. The van der Waals surface area contributed by atoms with Gasteiger partial charge in [-0.05, 0) is 36.6 Å². The molecular weight excluding hydrogens is 303 g/mol. The fraction of sp³-hybridized carbons (Fsp3) is 1.00. The van der Waals surface area contributed by atoms with Gasteiger partial charge >= 0.3 is 0 Å². The van der Waals surface area contributed by atoms with E-state index in [0.717, 1.165) is 10.9 Å². The molecule has 0 saturated carbocycles. The van der Waals surface area contributed by atoms with E-state index in [2.05, 4.69) is 6.92 Å². The molecule has 0 unspecified atom stereocenters. The van der Waals surface area contributed by atoms with E-state index in [-0.39, 0.29) is 24.0 Å². The van der Waals surface area contributed by atoms with Gasteiger partial charge in [-0.25, -0.2) is 0 Å². The Morgan fingerprint density at radius 3 is 2.07 bits per heavy atom. The van der Waals surface area contributed by atoms with Gasteiger partial charge in [-0.1, -0.05) is 32.6 Å². The molecule has 0 aliphatic carbocycles. The van der Waals surface area contributed by atoms with Crippen LogP contribution in [0.5, 0.6) is 0 Å². The van der Waals surface area contributed by atoms with Crippen LogP contribution >= 0.6 is 0 Å². The van der Waals surface area contributed by atoms with Gasteiger partial charge in [0.25, 0.3) is 0 Å². The van der Waals surface area contributed by atoms with Crippen molar-refractivity contribution in [2.45, 2.75) is 58.3 Å². The minimum Gasteiger partial charge on any atom is -1.00 e. The summed E-state index contributed by atoms with van der Waals surface area (Å²) in [6.45, 7) is 2.29. The molecule has 0 amide bonds. The Morgan fingerprint density at radius 1 is 0.857 bits per heavy atom. The van der Waals surface area contributed by atoms with Gasteiger partial charge in [0.05, 0.1) is 0 Å². The van der Waals surface area contributed by atoms with Crippen molar-refractivity contribution in [3.05, 3.63) is 0 Å². The standard InChI is InChI=1S/C12H25S.HI/c1-2-3-4-5-6-7-10-13-11-8-9-12-13;/h2-12H2,1H3;1H/q+1;/p-1. The summed E-state index contributed by atoms with van der Waals surface area (Å²) in [7, 11) is 0.865. The molecule has 1 fully saturated rings. The Labute approximate surface area is 110 Å². The van der Waals surface area contributed by atoms with Crippen LogP contribution in [-0.4, -0.2) is 17.3 Å². The fourth-order valence-corrected chi connectivity index (χ4v) is 4.45. The van der Waals surface area contributed by atoms with Crippen molar-refractivity contribution in [1.82, 2.24) is 0 Å². The highest BCUT2D eigenvalue weighted by Gasteiger charge is 2.22. The van der Waals surface area contributed by atoms with Gasteiger partial charge in [0.2, 0.25) is 0 Å². The average Bonchev–Trinajstić information content (AvgIpc) is 2.63. The molecular formula is C12H25IS. The molecule has 0 aromatic heterocycles. The van der Waals surface area contributed by atoms with Crippen LogP contribution in [0.2, 0.25) is 0 Å². The third kappa shape index (κ3) is 7.38. The number of hydrogen-bond donors (Lipinski definition) is 0. The number of unbranched alkanes of at least 4 members (excludes halogenated alkanes) is 5. The van der Waals surface area contributed by atoms with Crippen molar-refractivity contribution < 1.29 is 24.0 Å². The minimum absolute atomic E-state index is 0. The number of rotatable bonds is 7. The maximum atomic E-state index is 2.29. The lowest BCUT2D eigenvalue weighted by Gasteiger charge is -2.01. The zero-order valence-corrected chi connectivity index (χ0v) is 12.5. The van der Waals surface area contributed by atoms with Crippen molar-refractivity contribution in [3.8, 4) is 0 Å². The molecule has 1 rings (SSSR count). The zero-order valence-electron chi connectivity index (χ0n) is 9.56. The van der Waals surface area contributed by atoms with E-state index in [1.54, 1.807) is 17.3 Å². The Balaban J connectivity index is 0.00000169. The minimum atomic E-state index is 0. The molecule has 0 aromatic rings. The van der Waals surface area contributed by atoms with Gasteiger partial charge < -0.3 is 24.0 Å². The van der Waals surface area contributed by atoms with E-state index in [1.807, 2.05) is 0 Å². The highest BCUT2D eigenvalue weighted by molar-refractivity contribution is 7.97. The van der Waals surface area contributed by atoms with Crippen molar-refractivity contribution >= 4 is 10.9 Å². The summed E-state index contributed by atoms with van der Waals surface area (Å²) in [6.07, 6.45) is 11.9. The molecule has 0 radical (unpaired) electrons. The SMILES string of the molecule is CCCCCCCC[S+]1CCCC1.[I-]. The first-order valence-corrected chi connectivity index (χ1v) is 7.81. The van der Waals surface area contributed by atoms with Crippen molar-refractivity contribution in [2.75, 3.05) is 17.3 Å². The van der Waals surface area contributed by atoms with Gasteiger partial charge in [-0.3, -0.25) is 0 Å². The maximum Gasteiger partial charge on any atom is 0.108 e. The summed E-state index contributed by atoms with van der Waals surface area (Å²) in [6, 6.07) is 0. The largest absolute Gasteiger partial charge is 1.00 e. The molecule has 1 saturated heterocycles. The molecule has 0 N–H and O–H groups in total. The number of halogens is 1. The topological polar surface area (TPSA) is 0 Å². The van der Waals surface area contributed by atoms with Crippen LogP contribution in [0, 0.1) is 0 Å². The van der Waals surface area contributed by atoms with Crippen LogP contribution in [0.1, 0.15) is 58.3 Å². The predicted octanol–water partition coefficient (Wildman–Crippen LogP) is 0.763. The molecule has 14 heavy (non-hydrogen) atoms. The second-order valence-corrected chi connectivity index (χ2v) is 6.65. The lowest BCUT2D eigenvalue weighted by molar-refractivity contribution is -0.00000288. The highest BCUT2D eigenvalue weighted by atomic mass is 127. The van der Waals surface area contributed by atoms with Gasteiger partial charge in [0.1, 0.15) is 17.3 Å². The van der Waals surface area contributed by atoms with Crippen molar-refractivity contribution in [3.63, 3.8) is 0 Å². The molecule has 0 atom stereocenters. The van der Waals surface area contributed by atoms with Gasteiger partial charge in [0.15, 0.2) is 0 Å². The molecule has 0 spiro atoms. The van der Waals surface area contributed by atoms with E-state index in [1.165, 1.54) is 51.4 Å². The fourth-order valence-electron chi connectivity index (χ4n) is 2.01. The Hall–Kier alpha value is 1.08. The van der Waals surface area contributed by atoms with E-state index in [9.17, 15) is 0 Å². The van der Waals surface area contributed by atoms with E-state index < -0.39 is 0 Å². The van der Waals surface area contributed by atoms with Crippen molar-refractivity contribution in [2.24, 2.45) is 0 Å². The smallest absolute Gasteiger partial charge is 0.108 e. The molecule has 1 heterocycles. The summed E-state index contributed by atoms with van der Waals surface area (Å²) in [5.41, 5.74) is 0. The van der Waals surface area contributed by atoms with Gasteiger partial charge in [-0.2, -0.15) is 0 Å². The van der Waals surface area contributed by atoms with E-state index in [4.69, 9.17) is 0 Å². The first-order chi connectivity index (χ1) is 6.43. The second-order valence-electron chi connectivity index (χ2n) is 4.20. The highest BCUT2D eigenvalue weighted by Crippen LogP contribution is 2.16. The van der Waals surface area contributed by atoms with Crippen LogP contribution in [0.3, 0.4) is 0 Å². The average molecular weight is 328 g/mol. The molecule has 1 aliphatic rings. The second kappa shape index (κ2) is 10.6. The summed E-state index contributed by atoms with van der Waals surface area (Å²) >= 11 is 0. The lowest BCUT2D eigenvalue weighted by atomic mass is 10.1. The Morgan fingerprint density at radius 2 is 1.43 bits per heavy atom. The number of hydrogen-bond acceptors (Lipinski definition) is 0. The Bertz CT molecular complexity index is 111. The zero-order chi connectivity index (χ0) is 9.36. The quantitative estimate of drug-likeness (QED) is 0.368. The molecule has 86 valence electrons. The third-order valence-corrected chi connectivity index (χ3v) is 5.50. The monoisotopic (exact) mass is 328 g/mol.